The van der Waals surface area contributed by atoms with Crippen molar-refractivity contribution in [2.24, 2.45) is 0 Å². The van der Waals surface area contributed by atoms with Crippen LogP contribution in [-0.2, 0) is 16.6 Å². The monoisotopic (exact) mass is 452 g/mol. The van der Waals surface area contributed by atoms with Gasteiger partial charge in [0.1, 0.15) is 15.9 Å². The van der Waals surface area contributed by atoms with Crippen LogP contribution in [0.5, 0.6) is 0 Å². The molecule has 0 saturated carbocycles. The second-order valence-electron chi connectivity index (χ2n) is 6.19. The van der Waals surface area contributed by atoms with E-state index in [-0.39, 0.29) is 4.90 Å². The molecule has 0 radical (unpaired) electrons. The number of aromatic nitrogens is 2. The topological polar surface area (TPSA) is 66.4 Å². The molecule has 0 atom stereocenters. The summed E-state index contributed by atoms with van der Waals surface area (Å²) in [7, 11) is -3.56. The number of piperazine rings is 1. The quantitative estimate of drug-likeness (QED) is 0.608. The van der Waals surface area contributed by atoms with Gasteiger partial charge in [-0.1, -0.05) is 34.1 Å². The summed E-state index contributed by atoms with van der Waals surface area (Å²) in [6.07, 6.45) is 0. The smallest absolute Gasteiger partial charge is 0.245 e. The predicted octanol–water partition coefficient (Wildman–Crippen LogP) is 2.96. The Morgan fingerprint density at radius 1 is 1.00 bits per heavy atom. The largest absolute Gasteiger partial charge is 0.296 e. The zero-order chi connectivity index (χ0) is 18.1. The number of hydrogen-bond donors (Lipinski definition) is 0. The van der Waals surface area contributed by atoms with Crippen LogP contribution in [0.15, 0.2) is 51.8 Å². The van der Waals surface area contributed by atoms with Gasteiger partial charge in [0.25, 0.3) is 0 Å². The summed E-state index contributed by atoms with van der Waals surface area (Å²) in [5, 5.41) is 0. The maximum atomic E-state index is 13.0. The summed E-state index contributed by atoms with van der Waals surface area (Å²) in [6.45, 7) is 3.20. The fraction of sp³-hybridized carbons (Fsp3) is 0.294. The molecule has 1 aromatic heterocycles. The summed E-state index contributed by atoms with van der Waals surface area (Å²) in [4.78, 5) is 2.53. The van der Waals surface area contributed by atoms with Gasteiger partial charge in [0.2, 0.25) is 10.0 Å². The van der Waals surface area contributed by atoms with Gasteiger partial charge in [-0.25, -0.2) is 8.42 Å². The van der Waals surface area contributed by atoms with Crippen LogP contribution in [0.1, 0.15) is 5.56 Å². The van der Waals surface area contributed by atoms with E-state index in [1.165, 1.54) is 5.56 Å². The molecule has 9 heteroatoms. The van der Waals surface area contributed by atoms with E-state index < -0.39 is 10.0 Å². The lowest BCUT2D eigenvalue weighted by molar-refractivity contribution is 0.181. The lowest BCUT2D eigenvalue weighted by Gasteiger charge is -2.34. The Morgan fingerprint density at radius 3 is 2.46 bits per heavy atom. The van der Waals surface area contributed by atoms with Crippen LogP contribution in [0.25, 0.3) is 11.0 Å². The molecule has 4 rings (SSSR count). The summed E-state index contributed by atoms with van der Waals surface area (Å²) in [6, 6.07) is 13.4. The molecule has 1 saturated heterocycles. The van der Waals surface area contributed by atoms with Crippen molar-refractivity contribution in [1.29, 1.82) is 0 Å². The van der Waals surface area contributed by atoms with Crippen LogP contribution in [-0.4, -0.2) is 52.5 Å². The molecular weight excluding hydrogens is 436 g/mol. The standard InChI is InChI=1S/C17H17BrN4O2S2/c18-14-6-4-13(5-7-14)12-21-8-10-22(11-9-21)26(23,24)16-3-1-2-15-17(16)20-25-19-15/h1-7H,8-12H2. The van der Waals surface area contributed by atoms with E-state index in [1.807, 2.05) is 12.1 Å². The zero-order valence-electron chi connectivity index (χ0n) is 13.9. The van der Waals surface area contributed by atoms with Gasteiger partial charge in [-0.3, -0.25) is 4.90 Å². The molecular formula is C17H17BrN4O2S2. The molecule has 1 aliphatic heterocycles. The van der Waals surface area contributed by atoms with Crippen LogP contribution in [0.2, 0.25) is 0 Å². The van der Waals surface area contributed by atoms with Gasteiger partial charge in [-0.15, -0.1) is 0 Å². The second-order valence-corrected chi connectivity index (χ2v) is 9.55. The fourth-order valence-electron chi connectivity index (χ4n) is 3.10. The minimum Gasteiger partial charge on any atom is -0.296 e. The third-order valence-corrected chi connectivity index (χ3v) is 7.52. The predicted molar refractivity (Wildman–Crippen MR) is 106 cm³/mol. The van der Waals surface area contributed by atoms with Gasteiger partial charge in [0, 0.05) is 37.2 Å². The highest BCUT2D eigenvalue weighted by atomic mass is 79.9. The van der Waals surface area contributed by atoms with Crippen molar-refractivity contribution in [3.8, 4) is 0 Å². The van der Waals surface area contributed by atoms with E-state index in [0.717, 1.165) is 22.7 Å². The first kappa shape index (κ1) is 18.0. The van der Waals surface area contributed by atoms with Crippen molar-refractivity contribution >= 4 is 48.7 Å². The number of fused-ring (bicyclic) bond motifs is 1. The van der Waals surface area contributed by atoms with Crippen LogP contribution < -0.4 is 0 Å². The van der Waals surface area contributed by atoms with Crippen LogP contribution >= 0.6 is 27.7 Å². The summed E-state index contributed by atoms with van der Waals surface area (Å²) in [5.41, 5.74) is 2.32. The van der Waals surface area contributed by atoms with E-state index in [4.69, 9.17) is 0 Å². The van der Waals surface area contributed by atoms with Gasteiger partial charge in [0.05, 0.1) is 11.7 Å². The Bertz CT molecular complexity index is 1010. The van der Waals surface area contributed by atoms with E-state index >= 15 is 0 Å². The highest BCUT2D eigenvalue weighted by Gasteiger charge is 2.30. The van der Waals surface area contributed by atoms with Crippen molar-refractivity contribution in [2.75, 3.05) is 26.2 Å². The van der Waals surface area contributed by atoms with Crippen molar-refractivity contribution < 1.29 is 8.42 Å². The summed E-state index contributed by atoms with van der Waals surface area (Å²) >= 11 is 4.48. The first-order valence-electron chi connectivity index (χ1n) is 8.22. The first-order valence-corrected chi connectivity index (χ1v) is 11.2. The number of rotatable bonds is 4. The average Bonchev–Trinajstić information content (AvgIpc) is 3.13. The number of benzene rings is 2. The number of nitrogens with zero attached hydrogens (tertiary/aromatic N) is 4. The highest BCUT2D eigenvalue weighted by Crippen LogP contribution is 2.25. The molecule has 0 N–H and O–H groups in total. The van der Waals surface area contributed by atoms with Gasteiger partial charge in [-0.2, -0.15) is 13.1 Å². The van der Waals surface area contributed by atoms with Gasteiger partial charge in [0.15, 0.2) is 0 Å². The molecule has 2 heterocycles. The first-order chi connectivity index (χ1) is 12.5. The molecule has 3 aromatic rings. The molecule has 1 fully saturated rings. The Morgan fingerprint density at radius 2 is 1.73 bits per heavy atom. The van der Waals surface area contributed by atoms with E-state index in [1.54, 1.807) is 22.5 Å². The minimum atomic E-state index is -3.56. The van der Waals surface area contributed by atoms with E-state index in [9.17, 15) is 8.42 Å². The number of hydrogen-bond acceptors (Lipinski definition) is 6. The Labute approximate surface area is 164 Å². The highest BCUT2D eigenvalue weighted by molar-refractivity contribution is 9.10. The summed E-state index contributed by atoms with van der Waals surface area (Å²) < 4.78 is 37.0. The van der Waals surface area contributed by atoms with Crippen molar-refractivity contribution in [3.05, 3.63) is 52.5 Å². The average molecular weight is 453 g/mol. The van der Waals surface area contributed by atoms with Gasteiger partial charge >= 0.3 is 0 Å². The normalized spacial score (nSPS) is 17.0. The number of halogens is 1. The van der Waals surface area contributed by atoms with Crippen molar-refractivity contribution in [1.82, 2.24) is 18.0 Å². The lowest BCUT2D eigenvalue weighted by Crippen LogP contribution is -2.48. The van der Waals surface area contributed by atoms with E-state index in [2.05, 4.69) is 41.7 Å². The molecule has 136 valence electrons. The molecule has 2 aromatic carbocycles. The molecule has 0 unspecified atom stereocenters. The van der Waals surface area contributed by atoms with Crippen molar-refractivity contribution in [2.45, 2.75) is 11.4 Å². The molecule has 0 bridgehead atoms. The van der Waals surface area contributed by atoms with E-state index in [0.29, 0.717) is 37.2 Å². The number of sulfonamides is 1. The van der Waals surface area contributed by atoms with Gasteiger partial charge < -0.3 is 0 Å². The van der Waals surface area contributed by atoms with Crippen LogP contribution in [0.3, 0.4) is 0 Å². The molecule has 1 aliphatic rings. The Hall–Kier alpha value is -1.39. The molecule has 0 amide bonds. The minimum absolute atomic E-state index is 0.255. The summed E-state index contributed by atoms with van der Waals surface area (Å²) in [5.74, 6) is 0. The maximum Gasteiger partial charge on any atom is 0.245 e. The third kappa shape index (κ3) is 3.54. The molecule has 0 spiro atoms. The second kappa shape index (κ2) is 7.32. The van der Waals surface area contributed by atoms with Crippen LogP contribution in [0.4, 0.5) is 0 Å². The lowest BCUT2D eigenvalue weighted by atomic mass is 10.2. The molecule has 0 aliphatic carbocycles. The van der Waals surface area contributed by atoms with Gasteiger partial charge in [-0.05, 0) is 29.8 Å². The maximum absolute atomic E-state index is 13.0. The third-order valence-electron chi connectivity index (χ3n) is 4.52. The Balaban J connectivity index is 1.47. The van der Waals surface area contributed by atoms with Crippen molar-refractivity contribution in [3.63, 3.8) is 0 Å². The fourth-order valence-corrected chi connectivity index (χ4v) is 5.54. The SMILES string of the molecule is O=S(=O)(c1cccc2nsnc12)N1CCN(Cc2ccc(Br)cc2)CC1. The molecule has 6 nitrogen and oxygen atoms in total. The van der Waals surface area contributed by atoms with Crippen LogP contribution in [0, 0.1) is 0 Å². The molecule has 26 heavy (non-hydrogen) atoms. The zero-order valence-corrected chi connectivity index (χ0v) is 17.1. The Kier molecular flexibility index (Phi) is 5.07.